The zero-order valence-electron chi connectivity index (χ0n) is 34.4. The summed E-state index contributed by atoms with van der Waals surface area (Å²) >= 11 is 0. The molecule has 0 unspecified atom stereocenters. The van der Waals surface area contributed by atoms with Gasteiger partial charge < -0.3 is 9.47 Å². The summed E-state index contributed by atoms with van der Waals surface area (Å²) in [6.45, 7) is 9.73. The zero-order valence-corrected chi connectivity index (χ0v) is 34.4. The molecule has 0 saturated heterocycles. The molecule has 0 N–H and O–H groups in total. The number of amides is 4. The van der Waals surface area contributed by atoms with E-state index in [1.807, 2.05) is 0 Å². The molecule has 0 aliphatic carbocycles. The topological polar surface area (TPSA) is 127 Å². The fourth-order valence-corrected chi connectivity index (χ4v) is 7.01. The second-order valence-corrected chi connectivity index (χ2v) is 16.4. The lowest BCUT2D eigenvalue weighted by molar-refractivity contribution is 0.0418. The molecule has 0 saturated carbocycles. The molecule has 2 heterocycles. The molecule has 18 heteroatoms. The van der Waals surface area contributed by atoms with Gasteiger partial charge in [0.1, 0.15) is 11.5 Å². The lowest BCUT2D eigenvalue weighted by Crippen LogP contribution is -2.48. The summed E-state index contributed by atoms with van der Waals surface area (Å²) in [4.78, 5) is 77.9. The first-order valence-electron chi connectivity index (χ1n) is 18.6. The standard InChI is InChI=1S/2C22H19F4NO4/c2*1-22(2,3)13(9-12(28)10-5-7-11(31-4)8-6-10)27-20(29)14-15(21(27)30)17(24)19(26)18(25)16(14)23/h2*5-8,13H,9H2,1-4H3/t2*13-/m11/s1. The maximum Gasteiger partial charge on any atom is 0.265 e. The largest absolute Gasteiger partial charge is 0.497 e. The first-order chi connectivity index (χ1) is 28.8. The van der Waals surface area contributed by atoms with Crippen LogP contribution in [0.25, 0.3) is 0 Å². The van der Waals surface area contributed by atoms with Crippen molar-refractivity contribution >= 4 is 35.2 Å². The van der Waals surface area contributed by atoms with E-state index in [1.165, 1.54) is 38.5 Å². The second-order valence-electron chi connectivity index (χ2n) is 16.4. The van der Waals surface area contributed by atoms with E-state index in [0.717, 1.165) is 0 Å². The smallest absolute Gasteiger partial charge is 0.265 e. The van der Waals surface area contributed by atoms with E-state index in [9.17, 15) is 63.9 Å². The van der Waals surface area contributed by atoms with Crippen LogP contribution in [0.3, 0.4) is 0 Å². The Labute approximate surface area is 349 Å². The van der Waals surface area contributed by atoms with Crippen molar-refractivity contribution in [3.63, 3.8) is 0 Å². The normalized spacial score (nSPS) is 14.6. The Balaban J connectivity index is 0.000000234. The van der Waals surface area contributed by atoms with Crippen molar-refractivity contribution < 1.29 is 73.4 Å². The van der Waals surface area contributed by atoms with Crippen LogP contribution in [0.5, 0.6) is 11.5 Å². The van der Waals surface area contributed by atoms with Gasteiger partial charge >= 0.3 is 0 Å². The van der Waals surface area contributed by atoms with Crippen molar-refractivity contribution in [2.75, 3.05) is 14.2 Å². The molecule has 328 valence electrons. The summed E-state index contributed by atoms with van der Waals surface area (Å²) in [5.41, 5.74) is -5.97. The lowest BCUT2D eigenvalue weighted by Gasteiger charge is -2.36. The number of methoxy groups -OCH3 is 2. The molecule has 2 aliphatic heterocycles. The van der Waals surface area contributed by atoms with Gasteiger partial charge in [-0.05, 0) is 59.4 Å². The number of carbonyl (C=O) groups is 6. The number of hydrogen-bond acceptors (Lipinski definition) is 8. The molecule has 62 heavy (non-hydrogen) atoms. The van der Waals surface area contributed by atoms with Crippen molar-refractivity contribution in [3.8, 4) is 11.5 Å². The van der Waals surface area contributed by atoms with Crippen molar-refractivity contribution in [2.24, 2.45) is 10.8 Å². The molecule has 2 aliphatic rings. The van der Waals surface area contributed by atoms with Gasteiger partial charge in [-0.15, -0.1) is 0 Å². The molecule has 4 amide bonds. The highest BCUT2D eigenvalue weighted by Gasteiger charge is 2.51. The highest BCUT2D eigenvalue weighted by Crippen LogP contribution is 2.40. The molecule has 4 aromatic carbocycles. The fraction of sp³-hybridized carbons (Fsp3) is 0.318. The predicted octanol–water partition coefficient (Wildman–Crippen LogP) is 9.07. The molecule has 0 fully saturated rings. The highest BCUT2D eigenvalue weighted by atomic mass is 19.2. The molecule has 6 rings (SSSR count). The molecule has 0 bridgehead atoms. The van der Waals surface area contributed by atoms with Crippen LogP contribution >= 0.6 is 0 Å². The number of carbonyl (C=O) groups excluding carboxylic acids is 6. The molecule has 10 nitrogen and oxygen atoms in total. The number of nitrogens with zero attached hydrogens (tertiary/aromatic N) is 2. The zero-order chi connectivity index (χ0) is 46.5. The van der Waals surface area contributed by atoms with Crippen molar-refractivity contribution in [1.82, 2.24) is 9.80 Å². The third-order valence-corrected chi connectivity index (χ3v) is 10.5. The van der Waals surface area contributed by atoms with Gasteiger partial charge in [0, 0.05) is 24.0 Å². The predicted molar refractivity (Wildman–Crippen MR) is 204 cm³/mol. The van der Waals surface area contributed by atoms with Crippen LogP contribution in [0.2, 0.25) is 0 Å². The third-order valence-electron chi connectivity index (χ3n) is 10.5. The summed E-state index contributed by atoms with van der Waals surface area (Å²) in [5.74, 6) is -21.6. The Kier molecular flexibility index (Phi) is 12.9. The van der Waals surface area contributed by atoms with Crippen molar-refractivity contribution in [3.05, 3.63) is 128 Å². The third kappa shape index (κ3) is 8.29. The van der Waals surface area contributed by atoms with E-state index >= 15 is 0 Å². The maximum absolute atomic E-state index is 14.2. The Morgan fingerprint density at radius 2 is 0.677 bits per heavy atom. The van der Waals surface area contributed by atoms with Gasteiger partial charge in [0.2, 0.25) is 0 Å². The van der Waals surface area contributed by atoms with Gasteiger partial charge in [-0.2, -0.15) is 0 Å². The van der Waals surface area contributed by atoms with Crippen LogP contribution in [-0.2, 0) is 0 Å². The second kappa shape index (κ2) is 17.1. The van der Waals surface area contributed by atoms with Crippen LogP contribution in [0.4, 0.5) is 35.1 Å². The molecule has 0 spiro atoms. The summed E-state index contributed by atoms with van der Waals surface area (Å²) in [5, 5.41) is 0. The van der Waals surface area contributed by atoms with Gasteiger partial charge in [-0.3, -0.25) is 38.6 Å². The number of hydrogen-bond donors (Lipinski definition) is 0. The van der Waals surface area contributed by atoms with E-state index in [0.29, 0.717) is 21.3 Å². The maximum atomic E-state index is 14.2. The number of imide groups is 2. The Hall–Kier alpha value is -6.46. The molecule has 2 atom stereocenters. The van der Waals surface area contributed by atoms with E-state index in [4.69, 9.17) is 9.47 Å². The molecule has 0 aromatic heterocycles. The number of ketones is 2. The number of benzene rings is 4. The van der Waals surface area contributed by atoms with Crippen molar-refractivity contribution in [1.29, 1.82) is 0 Å². The Bertz CT molecular complexity index is 2260. The molecular weight excluding hydrogens is 836 g/mol. The van der Waals surface area contributed by atoms with Crippen LogP contribution < -0.4 is 9.47 Å². The molecular formula is C44H38F8N2O8. The minimum absolute atomic E-state index is 0.265. The summed E-state index contributed by atoms with van der Waals surface area (Å²) in [7, 11) is 2.91. The Morgan fingerprint density at radius 3 is 0.871 bits per heavy atom. The fourth-order valence-electron chi connectivity index (χ4n) is 7.01. The molecule has 4 aromatic rings. The number of ether oxygens (including phenoxy) is 2. The van der Waals surface area contributed by atoms with Gasteiger partial charge in [0.05, 0.1) is 48.6 Å². The highest BCUT2D eigenvalue weighted by molar-refractivity contribution is 6.23. The quantitative estimate of drug-likeness (QED) is 0.0508. The number of halogens is 8. The van der Waals surface area contributed by atoms with Crippen LogP contribution in [0, 0.1) is 57.4 Å². The van der Waals surface area contributed by atoms with Crippen LogP contribution in [-0.4, -0.2) is 71.3 Å². The van der Waals surface area contributed by atoms with Gasteiger partial charge in [0.25, 0.3) is 23.6 Å². The van der Waals surface area contributed by atoms with Crippen LogP contribution in [0.1, 0.15) is 117 Å². The van der Waals surface area contributed by atoms with Crippen LogP contribution in [0.15, 0.2) is 48.5 Å². The average Bonchev–Trinajstić information content (AvgIpc) is 3.64. The first kappa shape index (κ1) is 46.6. The van der Waals surface area contributed by atoms with E-state index in [-0.39, 0.29) is 24.0 Å². The number of Topliss-reactive ketones (excluding diaryl/α,β-unsaturated/α-hetero) is 2. The summed E-state index contributed by atoms with van der Waals surface area (Å²) in [6.07, 6.45) is -0.731. The van der Waals surface area contributed by atoms with Gasteiger partial charge in [-0.25, -0.2) is 35.1 Å². The summed E-state index contributed by atoms with van der Waals surface area (Å²) in [6, 6.07) is 9.91. The van der Waals surface area contributed by atoms with E-state index in [2.05, 4.69) is 0 Å². The van der Waals surface area contributed by atoms with Gasteiger partial charge in [-0.1, -0.05) is 41.5 Å². The Morgan fingerprint density at radius 1 is 0.452 bits per heavy atom. The first-order valence-corrected chi connectivity index (χ1v) is 18.6. The minimum Gasteiger partial charge on any atom is -0.497 e. The number of fused-ring (bicyclic) bond motifs is 2. The lowest BCUT2D eigenvalue weighted by atomic mass is 9.81. The average molecular weight is 875 g/mol. The van der Waals surface area contributed by atoms with E-state index in [1.54, 1.807) is 65.8 Å². The SMILES string of the molecule is COc1ccc(C(=O)C[C@@H](N2C(=O)c3c(F)c(F)c(F)c(F)c3C2=O)C(C)(C)C)cc1.COc1ccc(C(=O)C[C@@H](N2C(=O)c3c(F)c(F)c(F)c(F)c3C2=O)C(C)(C)C)cc1. The van der Waals surface area contributed by atoms with Gasteiger partial charge in [0.15, 0.2) is 58.1 Å². The minimum atomic E-state index is -2.18. The van der Waals surface area contributed by atoms with Crippen molar-refractivity contribution in [2.45, 2.75) is 66.5 Å². The summed E-state index contributed by atoms with van der Waals surface area (Å²) < 4.78 is 122. The monoisotopic (exact) mass is 874 g/mol. The van der Waals surface area contributed by atoms with E-state index < -0.39 is 127 Å². The number of rotatable bonds is 10. The molecule has 0 radical (unpaired) electrons.